The molecule has 0 radical (unpaired) electrons. The Morgan fingerprint density at radius 2 is 1.45 bits per heavy atom. The number of aryl methyl sites for hydroxylation is 1. The summed E-state index contributed by atoms with van der Waals surface area (Å²) in [4.78, 5) is 27.1. The molecule has 158 valence electrons. The number of nitrogens with one attached hydrogen (secondary N) is 3. The maximum Gasteiger partial charge on any atom is 0.257 e. The summed E-state index contributed by atoms with van der Waals surface area (Å²) in [6.07, 6.45) is 0. The van der Waals surface area contributed by atoms with E-state index in [1.807, 2.05) is 0 Å². The van der Waals surface area contributed by atoms with Gasteiger partial charge in [-0.05, 0) is 48.9 Å². The Balaban J connectivity index is 1.77. The first-order chi connectivity index (χ1) is 14.8. The highest BCUT2D eigenvalue weighted by molar-refractivity contribution is 6.12. The molecule has 0 saturated heterocycles. The van der Waals surface area contributed by atoms with Crippen LogP contribution in [0.25, 0.3) is 0 Å². The largest absolute Gasteiger partial charge is 0.363 e. The summed E-state index contributed by atoms with van der Waals surface area (Å²) in [5, 5.41) is 13.3. The van der Waals surface area contributed by atoms with Crippen LogP contribution in [0.5, 0.6) is 0 Å². The Labute approximate surface area is 180 Å². The van der Waals surface area contributed by atoms with E-state index in [-0.39, 0.29) is 11.3 Å². The third kappa shape index (κ3) is 5.14. The van der Waals surface area contributed by atoms with Crippen molar-refractivity contribution in [1.82, 2.24) is 4.90 Å². The number of nitrogens with zero attached hydrogens (tertiary/aromatic N) is 1. The van der Waals surface area contributed by atoms with Crippen molar-refractivity contribution < 1.29 is 14.0 Å². The Morgan fingerprint density at radius 1 is 0.839 bits per heavy atom. The van der Waals surface area contributed by atoms with Gasteiger partial charge in [0, 0.05) is 25.2 Å². The zero-order valence-electron chi connectivity index (χ0n) is 17.5. The Morgan fingerprint density at radius 3 is 2.10 bits per heavy atom. The quantitative estimate of drug-likeness (QED) is 0.420. The molecule has 0 fully saturated rings. The van der Waals surface area contributed by atoms with Gasteiger partial charge < -0.3 is 15.5 Å². The maximum atomic E-state index is 14.1. The van der Waals surface area contributed by atoms with Crippen molar-refractivity contribution in [3.63, 3.8) is 0 Å². The first kappa shape index (κ1) is 21.7. The Bertz CT molecular complexity index is 1140. The number of anilines is 2. The first-order valence-corrected chi connectivity index (χ1v) is 9.60. The average Bonchev–Trinajstić information content (AvgIpc) is 2.75. The van der Waals surface area contributed by atoms with Crippen LogP contribution < -0.4 is 10.6 Å². The minimum absolute atomic E-state index is 0.0654. The third-order valence-electron chi connectivity index (χ3n) is 4.66. The van der Waals surface area contributed by atoms with Crippen molar-refractivity contribution >= 4 is 29.0 Å². The van der Waals surface area contributed by atoms with Gasteiger partial charge in [-0.3, -0.25) is 15.0 Å². The van der Waals surface area contributed by atoms with Crippen LogP contribution >= 0.6 is 0 Å². The van der Waals surface area contributed by atoms with E-state index in [4.69, 9.17) is 5.41 Å². The second-order valence-electron chi connectivity index (χ2n) is 7.26. The number of carbonyl (C=O) groups is 2. The van der Waals surface area contributed by atoms with Gasteiger partial charge in [0.05, 0.1) is 16.9 Å². The number of amidine groups is 1. The van der Waals surface area contributed by atoms with Crippen molar-refractivity contribution in [3.8, 4) is 0 Å². The first-order valence-electron chi connectivity index (χ1n) is 9.60. The number of hydrogen-bond donors (Lipinski definition) is 3. The molecule has 0 heterocycles. The van der Waals surface area contributed by atoms with Gasteiger partial charge in [0.1, 0.15) is 11.7 Å². The van der Waals surface area contributed by atoms with Crippen molar-refractivity contribution in [2.45, 2.75) is 6.92 Å². The van der Waals surface area contributed by atoms with Crippen LogP contribution in [-0.2, 0) is 0 Å². The van der Waals surface area contributed by atoms with E-state index in [2.05, 4.69) is 10.6 Å². The highest BCUT2D eigenvalue weighted by atomic mass is 19.1. The lowest BCUT2D eigenvalue weighted by Crippen LogP contribution is -2.22. The zero-order chi connectivity index (χ0) is 22.5. The van der Waals surface area contributed by atoms with Crippen LogP contribution in [0.3, 0.4) is 0 Å². The van der Waals surface area contributed by atoms with Crippen molar-refractivity contribution in [3.05, 3.63) is 94.8 Å². The van der Waals surface area contributed by atoms with Gasteiger partial charge >= 0.3 is 0 Å². The molecule has 3 aromatic rings. The molecule has 3 aromatic carbocycles. The second kappa shape index (κ2) is 9.21. The maximum absolute atomic E-state index is 14.1. The lowest BCUT2D eigenvalue weighted by atomic mass is 10.1. The van der Waals surface area contributed by atoms with E-state index >= 15 is 0 Å². The molecule has 0 saturated carbocycles. The lowest BCUT2D eigenvalue weighted by molar-refractivity contribution is 0.102. The van der Waals surface area contributed by atoms with Gasteiger partial charge in [0.15, 0.2) is 0 Å². The molecule has 0 bridgehead atoms. The molecular formula is C24H23FN4O2. The highest BCUT2D eigenvalue weighted by Crippen LogP contribution is 2.21. The summed E-state index contributed by atoms with van der Waals surface area (Å²) in [5.41, 5.74) is 2.39. The van der Waals surface area contributed by atoms with Crippen molar-refractivity contribution in [1.29, 1.82) is 5.41 Å². The summed E-state index contributed by atoms with van der Waals surface area (Å²) in [6, 6.07) is 17.7. The number of halogens is 1. The normalized spacial score (nSPS) is 10.3. The molecule has 0 atom stereocenters. The number of carbonyl (C=O) groups excluding carboxylic acids is 2. The van der Waals surface area contributed by atoms with E-state index in [0.29, 0.717) is 22.6 Å². The molecule has 3 rings (SSSR count). The molecule has 0 aliphatic heterocycles. The Hall–Kier alpha value is -4.00. The summed E-state index contributed by atoms with van der Waals surface area (Å²) in [5.74, 6) is -1.13. The molecule has 0 unspecified atom stereocenters. The SMILES string of the molecule is Cc1ccc(NC(=O)c2ccccc2NC(=O)c2ccc(C(=N)N(C)C)cc2)c(F)c1. The molecule has 0 aliphatic carbocycles. The summed E-state index contributed by atoms with van der Waals surface area (Å²) in [6.45, 7) is 1.76. The lowest BCUT2D eigenvalue weighted by Gasteiger charge is -2.14. The predicted octanol–water partition coefficient (Wildman–Crippen LogP) is 4.53. The van der Waals surface area contributed by atoms with E-state index in [0.717, 1.165) is 5.56 Å². The molecule has 3 N–H and O–H groups in total. The van der Waals surface area contributed by atoms with Gasteiger partial charge in [-0.15, -0.1) is 0 Å². The monoisotopic (exact) mass is 418 g/mol. The van der Waals surface area contributed by atoms with Crippen LogP contribution in [-0.4, -0.2) is 36.6 Å². The van der Waals surface area contributed by atoms with Gasteiger partial charge in [-0.1, -0.05) is 30.3 Å². The summed E-state index contributed by atoms with van der Waals surface area (Å²) in [7, 11) is 3.54. The smallest absolute Gasteiger partial charge is 0.257 e. The van der Waals surface area contributed by atoms with Crippen molar-refractivity contribution in [2.24, 2.45) is 0 Å². The standard InChI is InChI=1S/C24H23FN4O2/c1-15-8-13-21(19(25)14-15)28-24(31)18-6-4-5-7-20(18)27-23(30)17-11-9-16(10-12-17)22(26)29(2)3/h4-14,26H,1-3H3,(H,27,30)(H,28,31). The minimum Gasteiger partial charge on any atom is -0.363 e. The molecule has 31 heavy (non-hydrogen) atoms. The van der Waals surface area contributed by atoms with E-state index in [1.54, 1.807) is 80.5 Å². The molecule has 0 aliphatic rings. The second-order valence-corrected chi connectivity index (χ2v) is 7.26. The van der Waals surface area contributed by atoms with Crippen molar-refractivity contribution in [2.75, 3.05) is 24.7 Å². The molecule has 6 nitrogen and oxygen atoms in total. The van der Waals surface area contributed by atoms with Crippen LogP contribution in [0.1, 0.15) is 31.8 Å². The Kier molecular flexibility index (Phi) is 6.45. The van der Waals surface area contributed by atoms with E-state index in [1.165, 1.54) is 12.1 Å². The number of rotatable bonds is 5. The highest BCUT2D eigenvalue weighted by Gasteiger charge is 2.16. The van der Waals surface area contributed by atoms with Crippen LogP contribution in [0.4, 0.5) is 15.8 Å². The van der Waals surface area contributed by atoms with E-state index in [9.17, 15) is 14.0 Å². The third-order valence-corrected chi connectivity index (χ3v) is 4.66. The van der Waals surface area contributed by atoms with Gasteiger partial charge in [-0.2, -0.15) is 0 Å². The molecule has 7 heteroatoms. The van der Waals surface area contributed by atoms with Gasteiger partial charge in [-0.25, -0.2) is 4.39 Å². The topological polar surface area (TPSA) is 85.3 Å². The predicted molar refractivity (Wildman–Crippen MR) is 120 cm³/mol. The molecule has 2 amide bonds. The summed E-state index contributed by atoms with van der Waals surface area (Å²) < 4.78 is 14.1. The fraction of sp³-hybridized carbons (Fsp3) is 0.125. The minimum atomic E-state index is -0.534. The number of amides is 2. The van der Waals surface area contributed by atoms with Crippen LogP contribution in [0.2, 0.25) is 0 Å². The van der Waals surface area contributed by atoms with Crippen LogP contribution in [0, 0.1) is 18.2 Å². The fourth-order valence-corrected chi connectivity index (χ4v) is 2.93. The molecular weight excluding hydrogens is 395 g/mol. The van der Waals surface area contributed by atoms with E-state index < -0.39 is 17.6 Å². The number of hydrogen-bond acceptors (Lipinski definition) is 3. The number of benzene rings is 3. The fourth-order valence-electron chi connectivity index (χ4n) is 2.93. The van der Waals surface area contributed by atoms with Crippen LogP contribution in [0.15, 0.2) is 66.7 Å². The molecule has 0 aromatic heterocycles. The van der Waals surface area contributed by atoms with Gasteiger partial charge in [0.2, 0.25) is 0 Å². The average molecular weight is 418 g/mol. The number of para-hydroxylation sites is 1. The summed E-state index contributed by atoms with van der Waals surface area (Å²) >= 11 is 0. The molecule has 0 spiro atoms. The zero-order valence-corrected chi connectivity index (χ0v) is 17.5. The van der Waals surface area contributed by atoms with Gasteiger partial charge in [0.25, 0.3) is 11.8 Å².